The zero-order chi connectivity index (χ0) is 35.8. The monoisotopic (exact) mass is 697 g/mol. The topological polar surface area (TPSA) is 105 Å². The van der Waals surface area contributed by atoms with Crippen molar-refractivity contribution in [1.29, 1.82) is 0 Å². The maximum atomic E-state index is 14.9. The zero-order valence-corrected chi connectivity index (χ0v) is 30.3. The average molecular weight is 698 g/mol. The Morgan fingerprint density at radius 1 is 0.820 bits per heavy atom. The van der Waals surface area contributed by atoms with Gasteiger partial charge in [0.2, 0.25) is 11.8 Å². The van der Waals surface area contributed by atoms with Crippen molar-refractivity contribution in [3.05, 3.63) is 119 Å². The number of hydrogen-bond acceptors (Lipinski definition) is 6. The number of carbonyl (C=O) groups excluding carboxylic acids is 2. The molecule has 1 saturated carbocycles. The minimum Gasteiger partial charge on any atom is -0.493 e. The molecule has 0 heterocycles. The number of amides is 2. The number of nitrogens with zero attached hydrogens (tertiary/aromatic N) is 2. The summed E-state index contributed by atoms with van der Waals surface area (Å²) in [5.41, 5.74) is 4.75. The second kappa shape index (κ2) is 16.3. The lowest BCUT2D eigenvalue weighted by Crippen LogP contribution is -2.54. The summed E-state index contributed by atoms with van der Waals surface area (Å²) in [6, 6.07) is 26.3. The number of carbonyl (C=O) groups is 2. The lowest BCUT2D eigenvalue weighted by molar-refractivity contribution is -0.140. The molecule has 5 rings (SSSR count). The number of hydrogen-bond donors (Lipinski definition) is 1. The average Bonchev–Trinajstić information content (AvgIpc) is 3.62. The van der Waals surface area contributed by atoms with Crippen molar-refractivity contribution >= 4 is 27.5 Å². The third-order valence-corrected chi connectivity index (χ3v) is 11.1. The van der Waals surface area contributed by atoms with Crippen molar-refractivity contribution < 1.29 is 27.5 Å². The predicted octanol–water partition coefficient (Wildman–Crippen LogP) is 6.52. The molecule has 1 atom stereocenters. The Kier molecular flexibility index (Phi) is 11.8. The minimum atomic E-state index is -4.33. The highest BCUT2D eigenvalue weighted by Gasteiger charge is 2.36. The normalized spacial score (nSPS) is 13.8. The fourth-order valence-electron chi connectivity index (χ4n) is 6.62. The number of anilines is 1. The Labute approximate surface area is 296 Å². The summed E-state index contributed by atoms with van der Waals surface area (Å²) in [4.78, 5) is 30.6. The van der Waals surface area contributed by atoms with Gasteiger partial charge in [-0.3, -0.25) is 13.9 Å². The third kappa shape index (κ3) is 8.66. The van der Waals surface area contributed by atoms with Crippen LogP contribution >= 0.6 is 0 Å². The van der Waals surface area contributed by atoms with E-state index in [2.05, 4.69) is 5.32 Å². The number of nitrogens with one attached hydrogen (secondary N) is 1. The van der Waals surface area contributed by atoms with Gasteiger partial charge in [-0.25, -0.2) is 8.42 Å². The van der Waals surface area contributed by atoms with Gasteiger partial charge in [0.15, 0.2) is 11.5 Å². The second-order valence-electron chi connectivity index (χ2n) is 13.0. The first-order valence-corrected chi connectivity index (χ1v) is 18.5. The molecule has 0 unspecified atom stereocenters. The quantitative estimate of drug-likeness (QED) is 0.161. The predicted molar refractivity (Wildman–Crippen MR) is 196 cm³/mol. The van der Waals surface area contributed by atoms with Gasteiger partial charge >= 0.3 is 0 Å². The fraction of sp³-hybridized carbons (Fsp3) is 0.350. The van der Waals surface area contributed by atoms with Crippen molar-refractivity contribution in [3.63, 3.8) is 0 Å². The van der Waals surface area contributed by atoms with E-state index in [-0.39, 0.29) is 35.6 Å². The largest absolute Gasteiger partial charge is 0.493 e. The van der Waals surface area contributed by atoms with Gasteiger partial charge in [-0.1, -0.05) is 73.5 Å². The van der Waals surface area contributed by atoms with Crippen LogP contribution < -0.4 is 19.1 Å². The van der Waals surface area contributed by atoms with Gasteiger partial charge in [0.25, 0.3) is 10.0 Å². The van der Waals surface area contributed by atoms with Crippen molar-refractivity contribution in [3.8, 4) is 11.5 Å². The van der Waals surface area contributed by atoms with Gasteiger partial charge in [-0.2, -0.15) is 0 Å². The molecule has 2 amide bonds. The molecule has 264 valence electrons. The van der Waals surface area contributed by atoms with E-state index in [1.807, 2.05) is 81.4 Å². The van der Waals surface area contributed by atoms with Gasteiger partial charge in [-0.15, -0.1) is 0 Å². The summed E-state index contributed by atoms with van der Waals surface area (Å²) in [7, 11) is -1.42. The maximum Gasteiger partial charge on any atom is 0.264 e. The molecule has 1 aliphatic rings. The first-order valence-electron chi connectivity index (χ1n) is 17.0. The molecule has 0 bridgehead atoms. The highest BCUT2D eigenvalue weighted by molar-refractivity contribution is 7.92. The van der Waals surface area contributed by atoms with Gasteiger partial charge < -0.3 is 19.7 Å². The molecule has 4 aromatic rings. The maximum absolute atomic E-state index is 14.9. The summed E-state index contributed by atoms with van der Waals surface area (Å²) >= 11 is 0. The number of benzene rings is 4. The molecule has 1 N–H and O–H groups in total. The standard InChI is InChI=1S/C40H47N3O6S/c1-28-21-29(2)23-34(22-28)43(50(46,47)35-19-20-37(48-4)38(25-35)49-5)27-39(44)42(26-32-16-10-9-13-30(32)3)36(24-31-14-7-6-8-15-31)40(45)41-33-17-11-12-18-33/h6-10,13-16,19-23,25,33,36H,11-12,17-18,24,26-27H2,1-5H3,(H,41,45)/t36-/m1/s1. The molecule has 1 fully saturated rings. The number of rotatable bonds is 14. The van der Waals surface area contributed by atoms with Crippen molar-refractivity contribution in [2.24, 2.45) is 0 Å². The van der Waals surface area contributed by atoms with E-state index in [0.29, 0.717) is 11.4 Å². The van der Waals surface area contributed by atoms with E-state index in [1.54, 1.807) is 17.0 Å². The molecule has 0 radical (unpaired) electrons. The first-order chi connectivity index (χ1) is 24.0. The Morgan fingerprint density at radius 2 is 1.46 bits per heavy atom. The Balaban J connectivity index is 1.61. The molecular weight excluding hydrogens is 651 g/mol. The van der Waals surface area contributed by atoms with E-state index < -0.39 is 28.5 Å². The summed E-state index contributed by atoms with van der Waals surface area (Å²) in [5.74, 6) is -0.128. The second-order valence-corrected chi connectivity index (χ2v) is 14.9. The van der Waals surface area contributed by atoms with Crippen LogP contribution in [0.2, 0.25) is 0 Å². The summed E-state index contributed by atoms with van der Waals surface area (Å²) in [6.07, 6.45) is 4.13. The fourth-order valence-corrected chi connectivity index (χ4v) is 8.03. The molecule has 4 aromatic carbocycles. The number of ether oxygens (including phenoxy) is 2. The van der Waals surface area contributed by atoms with Gasteiger partial charge in [0, 0.05) is 25.1 Å². The lowest BCUT2D eigenvalue weighted by Gasteiger charge is -2.35. The highest BCUT2D eigenvalue weighted by Crippen LogP contribution is 2.33. The molecule has 0 saturated heterocycles. The zero-order valence-electron chi connectivity index (χ0n) is 29.5. The van der Waals surface area contributed by atoms with E-state index >= 15 is 0 Å². The minimum absolute atomic E-state index is 0.0355. The van der Waals surface area contributed by atoms with Gasteiger partial charge in [0.1, 0.15) is 12.6 Å². The first kappa shape index (κ1) is 36.5. The Morgan fingerprint density at radius 3 is 2.10 bits per heavy atom. The Hall–Kier alpha value is -4.83. The SMILES string of the molecule is COc1ccc(S(=O)(=O)N(CC(=O)N(Cc2ccccc2C)[C@H](Cc2ccccc2)C(=O)NC2CCCC2)c2cc(C)cc(C)c2)cc1OC. The smallest absolute Gasteiger partial charge is 0.264 e. The number of aryl methyl sites for hydroxylation is 3. The van der Waals surface area contributed by atoms with Crippen LogP contribution in [0, 0.1) is 20.8 Å². The Bertz CT molecular complexity index is 1890. The molecule has 0 aromatic heterocycles. The summed E-state index contributed by atoms with van der Waals surface area (Å²) in [6.45, 7) is 5.32. The lowest BCUT2D eigenvalue weighted by atomic mass is 10.0. The molecule has 9 nitrogen and oxygen atoms in total. The number of sulfonamides is 1. The molecule has 0 aliphatic heterocycles. The van der Waals surface area contributed by atoms with Crippen LogP contribution in [0.15, 0.2) is 95.9 Å². The van der Waals surface area contributed by atoms with Crippen LogP contribution in [0.25, 0.3) is 0 Å². The third-order valence-electron chi connectivity index (χ3n) is 9.29. The van der Waals surface area contributed by atoms with E-state index in [0.717, 1.165) is 57.8 Å². The van der Waals surface area contributed by atoms with E-state index in [1.165, 1.54) is 32.4 Å². The van der Waals surface area contributed by atoms with Crippen LogP contribution in [0.5, 0.6) is 11.5 Å². The van der Waals surface area contributed by atoms with Crippen molar-refractivity contribution in [1.82, 2.24) is 10.2 Å². The molecule has 50 heavy (non-hydrogen) atoms. The van der Waals surface area contributed by atoms with Crippen LogP contribution in [0.3, 0.4) is 0 Å². The van der Waals surface area contributed by atoms with Gasteiger partial charge in [-0.05, 0) is 85.7 Å². The van der Waals surface area contributed by atoms with Crippen LogP contribution in [-0.4, -0.2) is 58.0 Å². The van der Waals surface area contributed by atoms with E-state index in [9.17, 15) is 18.0 Å². The highest BCUT2D eigenvalue weighted by atomic mass is 32.2. The van der Waals surface area contributed by atoms with Crippen LogP contribution in [0.1, 0.15) is 53.5 Å². The van der Waals surface area contributed by atoms with Crippen molar-refractivity contribution in [2.75, 3.05) is 25.1 Å². The van der Waals surface area contributed by atoms with E-state index in [4.69, 9.17) is 9.47 Å². The number of methoxy groups -OCH3 is 2. The summed E-state index contributed by atoms with van der Waals surface area (Å²) in [5, 5.41) is 3.22. The molecular formula is C40H47N3O6S. The van der Waals surface area contributed by atoms with Crippen LogP contribution in [0.4, 0.5) is 5.69 Å². The molecule has 1 aliphatic carbocycles. The molecule has 10 heteroatoms. The summed E-state index contributed by atoms with van der Waals surface area (Å²) < 4.78 is 41.1. The molecule has 0 spiro atoms. The van der Waals surface area contributed by atoms with Crippen LogP contribution in [-0.2, 0) is 32.6 Å². The van der Waals surface area contributed by atoms with Crippen molar-refractivity contribution in [2.45, 2.75) is 76.4 Å². The van der Waals surface area contributed by atoms with Gasteiger partial charge in [0.05, 0.1) is 24.8 Å².